The fourth-order valence-electron chi connectivity index (χ4n) is 3.29. The topological polar surface area (TPSA) is 117 Å². The molecule has 30 heavy (non-hydrogen) atoms. The monoisotopic (exact) mass is 572 g/mol. The van der Waals surface area contributed by atoms with Crippen LogP contribution in [0.4, 0.5) is 0 Å². The number of ether oxygens (including phenoxy) is 1. The Labute approximate surface area is 211 Å². The molecule has 1 atom stereocenters. The molecule has 1 aliphatic rings. The number of aliphatic hydroxyl groups excluding tert-OH is 1. The third-order valence-corrected chi connectivity index (χ3v) is 4.79. The van der Waals surface area contributed by atoms with Crippen molar-refractivity contribution < 1.29 is 69.3 Å². The first-order valence-electron chi connectivity index (χ1n) is 9.88. The number of nitrogens with zero attached hydrogens (tertiary/aromatic N) is 4. The molecule has 0 aromatic rings. The number of hydrogen-bond donors (Lipinski definition) is 1. The summed E-state index contributed by atoms with van der Waals surface area (Å²) < 4.78 is 4.75. The van der Waals surface area contributed by atoms with E-state index in [0.29, 0.717) is 58.9 Å². The number of carbonyl (C=O) groups excluding carboxylic acids is 3. The second kappa shape index (κ2) is 16.3. The molecule has 1 N–H and O–H groups in total. The normalized spacial score (nSPS) is 19.7. The molecule has 0 spiro atoms. The van der Waals surface area contributed by atoms with E-state index in [1.807, 2.05) is 9.80 Å². The van der Waals surface area contributed by atoms with Gasteiger partial charge in [-0.05, 0) is 6.92 Å². The van der Waals surface area contributed by atoms with Gasteiger partial charge in [-0.2, -0.15) is 0 Å². The van der Waals surface area contributed by atoms with Crippen LogP contribution in [0.1, 0.15) is 6.92 Å². The van der Waals surface area contributed by atoms with Crippen molar-refractivity contribution in [1.82, 2.24) is 19.6 Å². The van der Waals surface area contributed by atoms with E-state index in [2.05, 4.69) is 11.8 Å². The summed E-state index contributed by atoms with van der Waals surface area (Å²) in [5, 5.41) is 20.9. The Balaban J connectivity index is 0.00000841. The van der Waals surface area contributed by atoms with Crippen LogP contribution in [0, 0.1) is 46.9 Å². The molecule has 0 bridgehead atoms. The van der Waals surface area contributed by atoms with Crippen LogP contribution >= 0.6 is 0 Å². The van der Waals surface area contributed by atoms with E-state index < -0.39 is 12.1 Å². The Morgan fingerprint density at radius 2 is 1.30 bits per heavy atom. The van der Waals surface area contributed by atoms with Crippen molar-refractivity contribution in [2.24, 2.45) is 0 Å². The van der Waals surface area contributed by atoms with Gasteiger partial charge in [0.15, 0.2) is 0 Å². The zero-order valence-corrected chi connectivity index (χ0v) is 20.2. The first-order valence-corrected chi connectivity index (χ1v) is 9.88. The van der Waals surface area contributed by atoms with Crippen LogP contribution in [0.15, 0.2) is 0 Å². The van der Waals surface area contributed by atoms with Crippen LogP contribution in [-0.2, 0) is 19.1 Å². The number of esters is 1. The second-order valence-corrected chi connectivity index (χ2v) is 7.46. The number of carboxylic acids is 1. The minimum Gasteiger partial charge on any atom is -0.549 e. The van der Waals surface area contributed by atoms with E-state index in [1.54, 1.807) is 11.8 Å². The molecule has 0 aromatic heterocycles. The zero-order chi connectivity index (χ0) is 21.8. The maximum absolute atomic E-state index is 11.7. The molecule has 0 aromatic carbocycles. The molecule has 176 valence electrons. The van der Waals surface area contributed by atoms with Gasteiger partial charge in [-0.25, -0.2) is 0 Å². The van der Waals surface area contributed by atoms with Crippen LogP contribution < -0.4 is 5.11 Å². The van der Waals surface area contributed by atoms with Crippen LogP contribution in [0.5, 0.6) is 0 Å². The summed E-state index contributed by atoms with van der Waals surface area (Å²) in [6.07, 6.45) is -0.518. The Morgan fingerprint density at radius 3 is 1.67 bits per heavy atom. The predicted molar refractivity (Wildman–Crippen MR) is 105 cm³/mol. The quantitative estimate of drug-likeness (QED) is 0.237. The molecule has 0 amide bonds. The number of rotatable bonds is 8. The number of carboxylic acid groups (broad SMARTS) is 1. The number of aliphatic hydroxyl groups is 1. The zero-order valence-electron chi connectivity index (χ0n) is 17.9. The Bertz CT molecular complexity index is 505. The molecule has 1 fully saturated rings. The number of aliphatic carboxylic acids is 1. The number of carbonyl (C=O) groups is 3. The first-order chi connectivity index (χ1) is 13.7. The number of β-amino-alcohol motifs (C(OH)–C–C–N with tert-alkyl or cyclic N) is 1. The number of hydrogen-bond acceptors (Lipinski definition) is 10. The van der Waals surface area contributed by atoms with Crippen LogP contribution in [0.25, 0.3) is 0 Å². The van der Waals surface area contributed by atoms with Crippen molar-refractivity contribution in [2.75, 3.05) is 85.6 Å². The minimum absolute atomic E-state index is 0. The van der Waals surface area contributed by atoms with E-state index in [0.717, 1.165) is 0 Å². The Kier molecular flexibility index (Phi) is 16.1. The second-order valence-electron chi connectivity index (χ2n) is 7.46. The molecule has 1 aliphatic heterocycles. The van der Waals surface area contributed by atoms with Gasteiger partial charge in [0.1, 0.15) is 0 Å². The van der Waals surface area contributed by atoms with Gasteiger partial charge in [-0.1, -0.05) is 0 Å². The van der Waals surface area contributed by atoms with Gasteiger partial charge in [-0.3, -0.25) is 24.4 Å². The van der Waals surface area contributed by atoms with Gasteiger partial charge in [0.05, 0.1) is 25.7 Å². The molecule has 1 saturated heterocycles. The molecule has 1 heterocycles. The number of Topliss-reactive ketones (excluding diaryl/α,β-unsaturated/α-hetero) is 1. The van der Waals surface area contributed by atoms with Crippen LogP contribution in [0.3, 0.4) is 0 Å². The molecule has 1 unspecified atom stereocenters. The standard InChI is InChI=1S/C19H35N4O6.Gd/c1-16(24)12-20-4-5-21(13-17(2)25)7-10-23(15-19(28)29-3)11-9-22(8-6-20)14-18(26)27;/h16,24H,2,4-15H2,1,3H3,(H,26,27);/q-1;/p-1. The van der Waals surface area contributed by atoms with E-state index in [-0.39, 0.29) is 71.3 Å². The third kappa shape index (κ3) is 13.8. The smallest absolute Gasteiger partial charge is 0.319 e. The van der Waals surface area contributed by atoms with E-state index >= 15 is 0 Å². The molecule has 0 radical (unpaired) electrons. The molecule has 11 heteroatoms. The van der Waals surface area contributed by atoms with E-state index in [9.17, 15) is 24.6 Å². The summed E-state index contributed by atoms with van der Waals surface area (Å²) in [6.45, 7) is 10.0. The largest absolute Gasteiger partial charge is 0.549 e. The molecular formula is C19H34GdN4O6-2. The fraction of sp³-hybridized carbons (Fsp3) is 0.789. The summed E-state index contributed by atoms with van der Waals surface area (Å²) in [6, 6.07) is 0. The Morgan fingerprint density at radius 1 is 0.900 bits per heavy atom. The number of methoxy groups -OCH3 is 1. The molecule has 10 nitrogen and oxygen atoms in total. The van der Waals surface area contributed by atoms with Crippen molar-refractivity contribution in [3.63, 3.8) is 0 Å². The van der Waals surface area contributed by atoms with Gasteiger partial charge < -0.3 is 31.5 Å². The summed E-state index contributed by atoms with van der Waals surface area (Å²) in [7, 11) is 1.33. The van der Waals surface area contributed by atoms with Crippen molar-refractivity contribution >= 4 is 17.7 Å². The van der Waals surface area contributed by atoms with Gasteiger partial charge in [0, 0.05) is 118 Å². The molecule has 0 aliphatic carbocycles. The first kappa shape index (κ1) is 29.6. The van der Waals surface area contributed by atoms with E-state index in [1.165, 1.54) is 7.11 Å². The number of ketones is 1. The molecule has 1 rings (SSSR count). The third-order valence-electron chi connectivity index (χ3n) is 4.79. The van der Waals surface area contributed by atoms with Crippen LogP contribution in [0.2, 0.25) is 0 Å². The summed E-state index contributed by atoms with van der Waals surface area (Å²) in [5.41, 5.74) is 0. The summed E-state index contributed by atoms with van der Waals surface area (Å²) >= 11 is 0. The maximum atomic E-state index is 11.7. The molecular weight excluding hydrogens is 537 g/mol. The van der Waals surface area contributed by atoms with Gasteiger partial charge >= 0.3 is 5.97 Å². The van der Waals surface area contributed by atoms with Gasteiger partial charge in [-0.15, -0.1) is 0 Å². The SMILES string of the molecule is [CH2-]C(=O)CN1CCN(CC(=O)OC)CCN(CC(=O)[O-])CCN(CC(C)O)CC1.[Gd]. The summed E-state index contributed by atoms with van der Waals surface area (Å²) in [4.78, 5) is 42.1. The molecule has 0 saturated carbocycles. The van der Waals surface area contributed by atoms with Crippen LogP contribution in [-0.4, -0.2) is 134 Å². The predicted octanol–water partition coefficient (Wildman–Crippen LogP) is -3.09. The van der Waals surface area contributed by atoms with E-state index in [4.69, 9.17) is 4.74 Å². The van der Waals surface area contributed by atoms with Gasteiger partial charge in [0.25, 0.3) is 0 Å². The van der Waals surface area contributed by atoms with Gasteiger partial charge in [0.2, 0.25) is 0 Å². The summed E-state index contributed by atoms with van der Waals surface area (Å²) in [5.74, 6) is -1.70. The fourth-order valence-corrected chi connectivity index (χ4v) is 3.29. The average Bonchev–Trinajstić information content (AvgIpc) is 2.62. The van der Waals surface area contributed by atoms with Crippen molar-refractivity contribution in [1.29, 1.82) is 0 Å². The van der Waals surface area contributed by atoms with Crippen molar-refractivity contribution in [3.8, 4) is 0 Å². The van der Waals surface area contributed by atoms with Crippen molar-refractivity contribution in [2.45, 2.75) is 13.0 Å². The average molecular weight is 572 g/mol. The van der Waals surface area contributed by atoms with Crippen molar-refractivity contribution in [3.05, 3.63) is 6.92 Å². The Hall–Kier alpha value is -0.395. The minimum atomic E-state index is -1.15. The maximum Gasteiger partial charge on any atom is 0.319 e.